The molecule has 3 rings (SSSR count). The number of hydrogen-bond acceptors (Lipinski definition) is 7. The van der Waals surface area contributed by atoms with Gasteiger partial charge in [-0.05, 0) is 68.6 Å². The Morgan fingerprint density at radius 3 is 2.48 bits per heavy atom. The first kappa shape index (κ1) is 24.9. The highest BCUT2D eigenvalue weighted by Crippen LogP contribution is 2.30. The summed E-state index contributed by atoms with van der Waals surface area (Å²) >= 11 is 0. The van der Waals surface area contributed by atoms with E-state index in [9.17, 15) is 4.39 Å². The Labute approximate surface area is 182 Å². The quantitative estimate of drug-likeness (QED) is 0.456. The topological polar surface area (TPSA) is 117 Å². The lowest BCUT2D eigenvalue weighted by Gasteiger charge is -2.36. The lowest BCUT2D eigenvalue weighted by Crippen LogP contribution is -2.41. The number of unbranched alkanes of at least 4 members (excludes halogenated alkanes) is 1. The van der Waals surface area contributed by atoms with Gasteiger partial charge in [0.2, 0.25) is 0 Å². The zero-order chi connectivity index (χ0) is 23.0. The second-order valence-electron chi connectivity index (χ2n) is 8.23. The molecule has 0 saturated carbocycles. The third kappa shape index (κ3) is 6.84. The molecular weight excluding hydrogens is 400 g/mol. The van der Waals surface area contributed by atoms with Crippen molar-refractivity contribution < 1.29 is 24.0 Å². The van der Waals surface area contributed by atoms with Gasteiger partial charge in [-0.3, -0.25) is 0 Å². The number of aryl methyl sites for hydroxylation is 2. The molecule has 31 heavy (non-hydrogen) atoms. The monoisotopic (exact) mass is 431 g/mol. The van der Waals surface area contributed by atoms with Crippen LogP contribution in [0, 0.1) is 25.6 Å². The van der Waals surface area contributed by atoms with Crippen LogP contribution in [-0.2, 0) is 9.59 Å². The smallest absolute Gasteiger partial charge is 0.427 e. The van der Waals surface area contributed by atoms with Gasteiger partial charge in [-0.15, -0.1) is 0 Å². The maximum absolute atomic E-state index is 14.1. The standard InChI is InChI=1S/C21H31BFN3O2.CO2/c1-14-6-7-18(23)17-13-15(2)21(25-20(14)17)26-11-8-16(9-12-26)19(24)5-3-4-10-22(27)28;2-1-3/h6-7,13,16,19,27-28H,3-5,8-12,24H2,1-2H3;. The molecule has 0 aliphatic carbocycles. The summed E-state index contributed by atoms with van der Waals surface area (Å²) in [5.74, 6) is 1.21. The molecule has 0 radical (unpaired) electrons. The molecule has 1 saturated heterocycles. The highest BCUT2D eigenvalue weighted by atomic mass is 19.1. The lowest BCUT2D eigenvalue weighted by atomic mass is 9.82. The largest absolute Gasteiger partial charge is 0.451 e. The van der Waals surface area contributed by atoms with E-state index >= 15 is 0 Å². The number of nitrogens with two attached hydrogens (primary N) is 1. The van der Waals surface area contributed by atoms with E-state index < -0.39 is 7.12 Å². The summed E-state index contributed by atoms with van der Waals surface area (Å²) in [4.78, 5) is 23.4. The number of benzene rings is 1. The number of carbonyl (C=O) groups excluding carboxylic acids is 2. The van der Waals surface area contributed by atoms with Crippen LogP contribution in [0.4, 0.5) is 10.2 Å². The summed E-state index contributed by atoms with van der Waals surface area (Å²) in [5, 5.41) is 18.4. The first-order valence-corrected chi connectivity index (χ1v) is 10.7. The van der Waals surface area contributed by atoms with E-state index in [1.165, 1.54) is 6.07 Å². The van der Waals surface area contributed by atoms with Crippen LogP contribution in [0.5, 0.6) is 0 Å². The zero-order valence-electron chi connectivity index (χ0n) is 18.2. The van der Waals surface area contributed by atoms with Crippen LogP contribution in [0.3, 0.4) is 0 Å². The number of piperidine rings is 1. The van der Waals surface area contributed by atoms with Crippen LogP contribution in [0.25, 0.3) is 10.9 Å². The summed E-state index contributed by atoms with van der Waals surface area (Å²) in [6, 6.07) is 5.35. The van der Waals surface area contributed by atoms with Crippen molar-refractivity contribution in [1.29, 1.82) is 0 Å². The van der Waals surface area contributed by atoms with Crippen LogP contribution in [0.15, 0.2) is 18.2 Å². The minimum absolute atomic E-state index is 0.153. The Kier molecular flexibility index (Phi) is 9.59. The fourth-order valence-corrected chi connectivity index (χ4v) is 4.26. The molecule has 2 heterocycles. The van der Waals surface area contributed by atoms with Crippen LogP contribution < -0.4 is 10.6 Å². The van der Waals surface area contributed by atoms with Crippen molar-refractivity contribution in [3.63, 3.8) is 0 Å². The highest BCUT2D eigenvalue weighted by molar-refractivity contribution is 6.40. The average molecular weight is 431 g/mol. The molecule has 1 atom stereocenters. The Bertz CT molecular complexity index is 898. The second-order valence-corrected chi connectivity index (χ2v) is 8.23. The van der Waals surface area contributed by atoms with E-state index in [-0.39, 0.29) is 18.0 Å². The Morgan fingerprint density at radius 1 is 1.23 bits per heavy atom. The van der Waals surface area contributed by atoms with E-state index in [1.54, 1.807) is 6.07 Å². The summed E-state index contributed by atoms with van der Waals surface area (Å²) in [6.45, 7) is 5.77. The van der Waals surface area contributed by atoms with Crippen molar-refractivity contribution in [3.05, 3.63) is 35.1 Å². The van der Waals surface area contributed by atoms with Crippen LogP contribution >= 0.6 is 0 Å². The lowest BCUT2D eigenvalue weighted by molar-refractivity contribution is -0.191. The average Bonchev–Trinajstić information content (AvgIpc) is 2.74. The fraction of sp³-hybridized carbons (Fsp3) is 0.545. The van der Waals surface area contributed by atoms with Gasteiger partial charge in [0, 0.05) is 24.5 Å². The van der Waals surface area contributed by atoms with E-state index in [0.717, 1.165) is 67.7 Å². The van der Waals surface area contributed by atoms with Gasteiger partial charge < -0.3 is 20.7 Å². The molecule has 1 aromatic carbocycles. The maximum Gasteiger partial charge on any atom is 0.451 e. The molecule has 0 spiro atoms. The number of nitrogens with zero attached hydrogens (tertiary/aromatic N) is 2. The summed E-state index contributed by atoms with van der Waals surface area (Å²) in [5.41, 5.74) is 9.12. The maximum atomic E-state index is 14.1. The van der Waals surface area contributed by atoms with Crippen molar-refractivity contribution in [3.8, 4) is 0 Å². The predicted molar refractivity (Wildman–Crippen MR) is 118 cm³/mol. The van der Waals surface area contributed by atoms with Crippen molar-refractivity contribution in [2.75, 3.05) is 18.0 Å². The van der Waals surface area contributed by atoms with Crippen molar-refractivity contribution in [2.45, 2.75) is 58.3 Å². The molecule has 1 fully saturated rings. The highest BCUT2D eigenvalue weighted by Gasteiger charge is 2.26. The molecule has 4 N–H and O–H groups in total. The molecule has 1 unspecified atom stereocenters. The number of fused-ring (bicyclic) bond motifs is 1. The van der Waals surface area contributed by atoms with Gasteiger partial charge in [-0.2, -0.15) is 9.59 Å². The van der Waals surface area contributed by atoms with Crippen molar-refractivity contribution in [2.24, 2.45) is 11.7 Å². The SMILES string of the molecule is Cc1cc2c(F)ccc(C)c2nc1N1CCC(C(N)CCCCB(O)O)CC1.O=C=O. The van der Waals surface area contributed by atoms with Gasteiger partial charge in [0.1, 0.15) is 11.6 Å². The van der Waals surface area contributed by atoms with Crippen LogP contribution in [-0.4, -0.2) is 47.4 Å². The minimum Gasteiger partial charge on any atom is -0.427 e. The molecule has 1 aliphatic rings. The number of pyridine rings is 1. The first-order valence-electron chi connectivity index (χ1n) is 10.7. The second kappa shape index (κ2) is 11.9. The number of halogens is 1. The summed E-state index contributed by atoms with van der Waals surface area (Å²) < 4.78 is 14.1. The summed E-state index contributed by atoms with van der Waals surface area (Å²) in [7, 11) is -1.21. The molecule has 0 amide bonds. The van der Waals surface area contributed by atoms with E-state index in [4.69, 9.17) is 30.4 Å². The molecule has 9 heteroatoms. The first-order chi connectivity index (χ1) is 14.8. The van der Waals surface area contributed by atoms with Gasteiger partial charge in [0.05, 0.1) is 5.52 Å². The summed E-state index contributed by atoms with van der Waals surface area (Å²) in [6.07, 6.45) is 5.34. The third-order valence-electron chi connectivity index (χ3n) is 5.99. The zero-order valence-corrected chi connectivity index (χ0v) is 18.2. The number of rotatable bonds is 7. The molecule has 2 aromatic rings. The number of anilines is 1. The molecule has 168 valence electrons. The van der Waals surface area contributed by atoms with E-state index in [1.807, 2.05) is 19.9 Å². The van der Waals surface area contributed by atoms with Gasteiger partial charge in [-0.1, -0.05) is 18.9 Å². The normalized spacial score (nSPS) is 15.2. The van der Waals surface area contributed by atoms with Gasteiger partial charge in [-0.25, -0.2) is 9.37 Å². The fourth-order valence-electron chi connectivity index (χ4n) is 4.26. The Morgan fingerprint density at radius 2 is 1.87 bits per heavy atom. The van der Waals surface area contributed by atoms with Crippen LogP contribution in [0.1, 0.15) is 43.2 Å². The van der Waals surface area contributed by atoms with Crippen LogP contribution in [0.2, 0.25) is 6.32 Å². The number of aromatic nitrogens is 1. The molecule has 1 aliphatic heterocycles. The predicted octanol–water partition coefficient (Wildman–Crippen LogP) is 2.59. The molecule has 7 nitrogen and oxygen atoms in total. The Hall–Kier alpha value is -2.32. The molecule has 0 bridgehead atoms. The minimum atomic E-state index is -1.21. The van der Waals surface area contributed by atoms with Gasteiger partial charge in [0.15, 0.2) is 0 Å². The molecular formula is C22H31BFN3O4. The van der Waals surface area contributed by atoms with Crippen molar-refractivity contribution in [1.82, 2.24) is 4.98 Å². The Balaban J connectivity index is 0.00000107. The third-order valence-corrected chi connectivity index (χ3v) is 5.99. The van der Waals surface area contributed by atoms with E-state index in [2.05, 4.69) is 4.90 Å². The molecule has 1 aromatic heterocycles. The van der Waals surface area contributed by atoms with E-state index in [0.29, 0.717) is 17.6 Å². The number of hydrogen-bond donors (Lipinski definition) is 3. The van der Waals surface area contributed by atoms with Gasteiger partial charge in [0.25, 0.3) is 0 Å². The van der Waals surface area contributed by atoms with Crippen molar-refractivity contribution >= 4 is 30.0 Å². The van der Waals surface area contributed by atoms with Gasteiger partial charge >= 0.3 is 13.3 Å².